The van der Waals surface area contributed by atoms with Crippen molar-refractivity contribution in [2.45, 2.75) is 26.3 Å². The molecule has 5 rings (SSSR count). The van der Waals surface area contributed by atoms with Gasteiger partial charge < -0.3 is 20.4 Å². The molecule has 0 saturated carbocycles. The van der Waals surface area contributed by atoms with E-state index in [4.69, 9.17) is 4.42 Å². The molecule has 4 N–H and O–H groups in total. The van der Waals surface area contributed by atoms with Gasteiger partial charge in [0, 0.05) is 35.3 Å². The highest BCUT2D eigenvalue weighted by molar-refractivity contribution is 6.12. The molecular formula is C31H28FN5O4. The molecule has 0 saturated heterocycles. The topological polar surface area (TPSA) is 129 Å². The third-order valence-corrected chi connectivity index (χ3v) is 6.65. The van der Waals surface area contributed by atoms with Gasteiger partial charge in [0.25, 0.3) is 17.7 Å². The minimum atomic E-state index is -1.23. The van der Waals surface area contributed by atoms with Gasteiger partial charge in [-0.2, -0.15) is 5.10 Å². The molecule has 10 heteroatoms. The summed E-state index contributed by atoms with van der Waals surface area (Å²) < 4.78 is 19.6. The fourth-order valence-corrected chi connectivity index (χ4v) is 4.44. The van der Waals surface area contributed by atoms with Gasteiger partial charge in [-0.1, -0.05) is 18.2 Å². The van der Waals surface area contributed by atoms with Gasteiger partial charge in [0.05, 0.1) is 5.56 Å². The van der Waals surface area contributed by atoms with E-state index in [1.807, 2.05) is 25.1 Å². The maximum atomic E-state index is 13.5. The molecule has 0 spiro atoms. The quantitative estimate of drug-likeness (QED) is 0.213. The van der Waals surface area contributed by atoms with E-state index in [9.17, 15) is 18.8 Å². The number of aryl methyl sites for hydroxylation is 1. The van der Waals surface area contributed by atoms with Crippen LogP contribution in [0.3, 0.4) is 0 Å². The highest BCUT2D eigenvalue weighted by Gasteiger charge is 2.30. The normalized spacial score (nSPS) is 11.3. The molecule has 0 fully saturated rings. The standard InChI is InChI=1S/C31H28FN5O4/c1-17-14-25(37-36-17)34-30(40)31(2,3)35-28(38)21-7-5-6-19(15-21)20-10-13-24-23(16-20)26(29(39)33-4)27(41-24)18-8-11-22(32)12-9-18/h5-16H,1-4H3,(H,33,39)(H,35,38)(H2,34,36,37,40). The number of carbonyl (C=O) groups excluding carboxylic acids is 3. The number of hydrogen-bond acceptors (Lipinski definition) is 5. The predicted molar refractivity (Wildman–Crippen MR) is 154 cm³/mol. The molecule has 5 aromatic rings. The van der Waals surface area contributed by atoms with E-state index in [-0.39, 0.29) is 5.91 Å². The summed E-state index contributed by atoms with van der Waals surface area (Å²) >= 11 is 0. The zero-order valence-electron chi connectivity index (χ0n) is 22.9. The number of halogens is 1. The van der Waals surface area contributed by atoms with Crippen molar-refractivity contribution in [3.05, 3.63) is 95.4 Å². The van der Waals surface area contributed by atoms with Gasteiger partial charge in [-0.3, -0.25) is 19.5 Å². The summed E-state index contributed by atoms with van der Waals surface area (Å²) in [4.78, 5) is 38.9. The van der Waals surface area contributed by atoms with Crippen molar-refractivity contribution in [1.29, 1.82) is 0 Å². The third kappa shape index (κ3) is 5.58. The van der Waals surface area contributed by atoms with E-state index in [2.05, 4.69) is 26.1 Å². The fraction of sp³-hybridized carbons (Fsp3) is 0.161. The lowest BCUT2D eigenvalue weighted by Crippen LogP contribution is -2.52. The molecule has 0 bridgehead atoms. The molecular weight excluding hydrogens is 525 g/mol. The van der Waals surface area contributed by atoms with E-state index < -0.39 is 23.2 Å². The molecule has 0 aliphatic carbocycles. The number of H-pyrrole nitrogens is 1. The number of nitrogens with one attached hydrogen (secondary N) is 4. The van der Waals surface area contributed by atoms with Crippen LogP contribution < -0.4 is 16.0 Å². The Morgan fingerprint density at radius 2 is 1.61 bits per heavy atom. The van der Waals surface area contributed by atoms with Crippen LogP contribution in [0.2, 0.25) is 0 Å². The van der Waals surface area contributed by atoms with Crippen molar-refractivity contribution in [2.24, 2.45) is 0 Å². The highest BCUT2D eigenvalue weighted by Crippen LogP contribution is 2.36. The number of fused-ring (bicyclic) bond motifs is 1. The molecule has 208 valence electrons. The average Bonchev–Trinajstić information content (AvgIpc) is 3.55. The summed E-state index contributed by atoms with van der Waals surface area (Å²) in [5.74, 6) is -0.898. The molecule has 3 aromatic carbocycles. The van der Waals surface area contributed by atoms with E-state index in [0.29, 0.717) is 39.2 Å². The Labute approximate surface area is 235 Å². The van der Waals surface area contributed by atoms with E-state index >= 15 is 0 Å². The fourth-order valence-electron chi connectivity index (χ4n) is 4.44. The van der Waals surface area contributed by atoms with Crippen LogP contribution in [0.5, 0.6) is 0 Å². The molecule has 2 aromatic heterocycles. The summed E-state index contributed by atoms with van der Waals surface area (Å²) in [7, 11) is 1.53. The van der Waals surface area contributed by atoms with E-state index in [1.165, 1.54) is 19.2 Å². The third-order valence-electron chi connectivity index (χ3n) is 6.65. The van der Waals surface area contributed by atoms with Gasteiger partial charge in [0.2, 0.25) is 0 Å². The Bertz CT molecular complexity index is 1790. The maximum absolute atomic E-state index is 13.5. The molecule has 0 unspecified atom stereocenters. The van der Waals surface area contributed by atoms with Gasteiger partial charge in [0.1, 0.15) is 22.7 Å². The van der Waals surface area contributed by atoms with Crippen molar-refractivity contribution in [1.82, 2.24) is 20.8 Å². The lowest BCUT2D eigenvalue weighted by atomic mass is 9.98. The maximum Gasteiger partial charge on any atom is 0.255 e. The number of aromatic amines is 1. The Morgan fingerprint density at radius 1 is 0.902 bits per heavy atom. The number of carbonyl (C=O) groups is 3. The van der Waals surface area contributed by atoms with Crippen LogP contribution in [-0.2, 0) is 4.79 Å². The second kappa shape index (κ2) is 10.7. The van der Waals surface area contributed by atoms with Crippen molar-refractivity contribution in [3.8, 4) is 22.5 Å². The summed E-state index contributed by atoms with van der Waals surface area (Å²) in [5, 5.41) is 15.5. The zero-order chi connectivity index (χ0) is 29.3. The summed E-state index contributed by atoms with van der Waals surface area (Å²) in [6.07, 6.45) is 0. The Kier molecular flexibility index (Phi) is 7.15. The first kappa shape index (κ1) is 27.3. The number of aromatic nitrogens is 2. The Morgan fingerprint density at radius 3 is 2.29 bits per heavy atom. The molecule has 3 amide bonds. The minimum Gasteiger partial charge on any atom is -0.455 e. The SMILES string of the molecule is CNC(=O)c1c(-c2ccc(F)cc2)oc2ccc(-c3cccc(C(=O)NC(C)(C)C(=O)Nc4cc(C)[nH]n4)c3)cc12. The van der Waals surface area contributed by atoms with Gasteiger partial charge >= 0.3 is 0 Å². The molecule has 2 heterocycles. The first-order valence-electron chi connectivity index (χ1n) is 12.9. The lowest BCUT2D eigenvalue weighted by Gasteiger charge is -2.24. The van der Waals surface area contributed by atoms with Crippen molar-refractivity contribution >= 4 is 34.5 Å². The molecule has 0 atom stereocenters. The van der Waals surface area contributed by atoms with Crippen LogP contribution in [0, 0.1) is 12.7 Å². The average molecular weight is 554 g/mol. The number of amides is 3. The molecule has 0 aliphatic heterocycles. The van der Waals surface area contributed by atoms with Gasteiger partial charge in [-0.15, -0.1) is 0 Å². The molecule has 41 heavy (non-hydrogen) atoms. The van der Waals surface area contributed by atoms with Gasteiger partial charge in [-0.05, 0) is 80.4 Å². The monoisotopic (exact) mass is 553 g/mol. The van der Waals surface area contributed by atoms with Crippen LogP contribution in [0.4, 0.5) is 10.2 Å². The van der Waals surface area contributed by atoms with Crippen LogP contribution >= 0.6 is 0 Å². The second-order valence-corrected chi connectivity index (χ2v) is 10.2. The number of nitrogens with zero attached hydrogens (tertiary/aromatic N) is 1. The Balaban J connectivity index is 1.44. The molecule has 9 nitrogen and oxygen atoms in total. The van der Waals surface area contributed by atoms with Gasteiger partial charge in [-0.25, -0.2) is 4.39 Å². The van der Waals surface area contributed by atoms with Crippen LogP contribution in [0.25, 0.3) is 33.4 Å². The Hall–Kier alpha value is -5.25. The lowest BCUT2D eigenvalue weighted by molar-refractivity contribution is -0.121. The smallest absolute Gasteiger partial charge is 0.255 e. The van der Waals surface area contributed by atoms with Crippen LogP contribution in [0.15, 0.2) is 77.2 Å². The highest BCUT2D eigenvalue weighted by atomic mass is 19.1. The number of benzene rings is 3. The predicted octanol–water partition coefficient (Wildman–Crippen LogP) is 5.44. The van der Waals surface area contributed by atoms with Crippen molar-refractivity contribution < 1.29 is 23.2 Å². The first-order chi connectivity index (χ1) is 19.6. The number of hydrogen-bond donors (Lipinski definition) is 4. The molecule has 0 radical (unpaired) electrons. The number of rotatable bonds is 7. The van der Waals surface area contributed by atoms with Crippen LogP contribution in [-0.4, -0.2) is 40.5 Å². The summed E-state index contributed by atoms with van der Waals surface area (Å²) in [5.41, 5.74) is 2.76. The van der Waals surface area contributed by atoms with Gasteiger partial charge in [0.15, 0.2) is 5.82 Å². The van der Waals surface area contributed by atoms with Crippen molar-refractivity contribution in [2.75, 3.05) is 12.4 Å². The minimum absolute atomic E-state index is 0.324. The first-order valence-corrected chi connectivity index (χ1v) is 12.9. The number of anilines is 1. The van der Waals surface area contributed by atoms with E-state index in [0.717, 1.165) is 16.8 Å². The summed E-state index contributed by atoms with van der Waals surface area (Å²) in [6.45, 7) is 5.03. The van der Waals surface area contributed by atoms with Crippen molar-refractivity contribution in [3.63, 3.8) is 0 Å². The largest absolute Gasteiger partial charge is 0.455 e. The summed E-state index contributed by atoms with van der Waals surface area (Å²) in [6, 6.07) is 19.8. The van der Waals surface area contributed by atoms with E-state index in [1.54, 1.807) is 56.3 Å². The number of furan rings is 1. The molecule has 0 aliphatic rings. The second-order valence-electron chi connectivity index (χ2n) is 10.2. The zero-order valence-corrected chi connectivity index (χ0v) is 22.9. The van der Waals surface area contributed by atoms with Crippen LogP contribution in [0.1, 0.15) is 40.3 Å².